The maximum atomic E-state index is 13.0. The number of carbonyl (C=O) groups is 1. The molecule has 0 aliphatic carbocycles. The summed E-state index contributed by atoms with van der Waals surface area (Å²) in [6.07, 6.45) is 4.61. The maximum absolute atomic E-state index is 13.0. The van der Waals surface area contributed by atoms with Crippen LogP contribution in [0.4, 0.5) is 0 Å². The molecule has 1 heterocycles. The molecule has 2 nitrogen and oxygen atoms in total. The number of aryl methyl sites for hydroxylation is 2. The molecule has 0 bridgehead atoms. The third kappa shape index (κ3) is 2.80. The summed E-state index contributed by atoms with van der Waals surface area (Å²) in [6, 6.07) is 6.10. The van der Waals surface area contributed by atoms with Crippen LogP contribution in [0.15, 0.2) is 18.2 Å². The van der Waals surface area contributed by atoms with Gasteiger partial charge in [-0.2, -0.15) is 0 Å². The van der Waals surface area contributed by atoms with E-state index in [0.29, 0.717) is 0 Å². The van der Waals surface area contributed by atoms with E-state index in [-0.39, 0.29) is 11.3 Å². The van der Waals surface area contributed by atoms with Gasteiger partial charge < -0.3 is 0 Å². The number of hydrogen-bond acceptors (Lipinski definition) is 2. The fourth-order valence-corrected chi connectivity index (χ4v) is 3.11. The third-order valence-electron chi connectivity index (χ3n) is 5.00. The number of nitrogens with zero attached hydrogens (tertiary/aromatic N) is 1. The fourth-order valence-electron chi connectivity index (χ4n) is 3.11. The van der Waals surface area contributed by atoms with Gasteiger partial charge >= 0.3 is 0 Å². The zero-order valence-corrected chi connectivity index (χ0v) is 13.3. The van der Waals surface area contributed by atoms with E-state index in [9.17, 15) is 4.79 Å². The summed E-state index contributed by atoms with van der Waals surface area (Å²) in [4.78, 5) is 15.4. The summed E-state index contributed by atoms with van der Waals surface area (Å²) in [5.41, 5.74) is 2.97. The number of benzene rings is 1. The molecule has 0 spiro atoms. The Labute approximate surface area is 123 Å². The highest BCUT2D eigenvalue weighted by Gasteiger charge is 2.38. The first kappa shape index (κ1) is 15.2. The molecule has 1 aromatic carbocycles. The Morgan fingerprint density at radius 3 is 2.35 bits per heavy atom. The Bertz CT molecular complexity index is 488. The molecule has 2 rings (SSSR count). The molecule has 20 heavy (non-hydrogen) atoms. The molecule has 0 N–H and O–H groups in total. The highest BCUT2D eigenvalue weighted by molar-refractivity contribution is 6.03. The van der Waals surface area contributed by atoms with E-state index in [1.807, 2.05) is 6.07 Å². The van der Waals surface area contributed by atoms with Crippen LogP contribution in [0, 0.1) is 13.8 Å². The molecule has 1 atom stereocenters. The zero-order valence-electron chi connectivity index (χ0n) is 13.3. The van der Waals surface area contributed by atoms with Crippen molar-refractivity contribution in [3.05, 3.63) is 34.9 Å². The van der Waals surface area contributed by atoms with Crippen LogP contribution in [0.2, 0.25) is 0 Å². The van der Waals surface area contributed by atoms with Crippen molar-refractivity contribution in [1.29, 1.82) is 0 Å². The molecule has 0 aromatic heterocycles. The van der Waals surface area contributed by atoms with E-state index in [1.54, 1.807) is 0 Å². The van der Waals surface area contributed by atoms with Crippen LogP contribution in [-0.4, -0.2) is 29.3 Å². The molecular formula is C18H27NO. The van der Waals surface area contributed by atoms with Crippen LogP contribution in [0.5, 0.6) is 0 Å². The largest absolute Gasteiger partial charge is 0.292 e. The van der Waals surface area contributed by atoms with Crippen molar-refractivity contribution in [3.63, 3.8) is 0 Å². The fraction of sp³-hybridized carbons (Fsp3) is 0.611. The first-order valence-electron chi connectivity index (χ1n) is 7.86. The van der Waals surface area contributed by atoms with Gasteiger partial charge in [0.15, 0.2) is 5.78 Å². The Balaban J connectivity index is 2.29. The van der Waals surface area contributed by atoms with Crippen molar-refractivity contribution in [2.75, 3.05) is 13.1 Å². The van der Waals surface area contributed by atoms with Gasteiger partial charge in [0.25, 0.3) is 0 Å². The minimum Gasteiger partial charge on any atom is -0.292 e. The zero-order chi connectivity index (χ0) is 14.8. The van der Waals surface area contributed by atoms with Crippen molar-refractivity contribution in [2.45, 2.75) is 58.9 Å². The second-order valence-electron chi connectivity index (χ2n) is 6.30. The summed E-state index contributed by atoms with van der Waals surface area (Å²) in [7, 11) is 0. The lowest BCUT2D eigenvalue weighted by Gasteiger charge is -2.42. The minimum absolute atomic E-state index is 0.282. The van der Waals surface area contributed by atoms with Crippen LogP contribution < -0.4 is 0 Å². The smallest absolute Gasteiger partial charge is 0.182 e. The van der Waals surface area contributed by atoms with Crippen LogP contribution in [0.1, 0.15) is 61.0 Å². The van der Waals surface area contributed by atoms with Gasteiger partial charge in [0.1, 0.15) is 0 Å². The number of likely N-dealkylation sites (tertiary alicyclic amines) is 1. The monoisotopic (exact) mass is 273 g/mol. The molecular weight excluding hydrogens is 246 g/mol. The molecule has 0 saturated carbocycles. The van der Waals surface area contributed by atoms with E-state index in [4.69, 9.17) is 0 Å². The lowest BCUT2D eigenvalue weighted by atomic mass is 9.84. The average Bonchev–Trinajstić information content (AvgIpc) is 2.49. The van der Waals surface area contributed by atoms with Gasteiger partial charge in [-0.3, -0.25) is 9.69 Å². The topological polar surface area (TPSA) is 20.3 Å². The molecule has 1 aliphatic heterocycles. The van der Waals surface area contributed by atoms with Crippen molar-refractivity contribution >= 4 is 5.78 Å². The molecule has 0 radical (unpaired) electrons. The summed E-state index contributed by atoms with van der Waals surface area (Å²) in [5.74, 6) is 0.282. The van der Waals surface area contributed by atoms with Gasteiger partial charge in [-0.25, -0.2) is 0 Å². The normalized spacial score (nSPS) is 19.6. The summed E-state index contributed by atoms with van der Waals surface area (Å²) in [6.45, 7) is 10.5. The average molecular weight is 273 g/mol. The summed E-state index contributed by atoms with van der Waals surface area (Å²) < 4.78 is 0. The number of ketones is 1. The maximum Gasteiger partial charge on any atom is 0.182 e. The molecule has 1 aromatic rings. The van der Waals surface area contributed by atoms with Crippen molar-refractivity contribution < 1.29 is 4.79 Å². The predicted molar refractivity (Wildman–Crippen MR) is 84.4 cm³/mol. The molecule has 110 valence electrons. The molecule has 1 saturated heterocycles. The van der Waals surface area contributed by atoms with E-state index in [1.165, 1.54) is 30.4 Å². The first-order chi connectivity index (χ1) is 9.49. The van der Waals surface area contributed by atoms with E-state index in [0.717, 1.165) is 25.1 Å². The Kier molecular flexibility index (Phi) is 4.64. The minimum atomic E-state index is -0.345. The molecule has 2 heteroatoms. The highest BCUT2D eigenvalue weighted by atomic mass is 16.1. The Morgan fingerprint density at radius 1 is 1.15 bits per heavy atom. The molecule has 1 aliphatic rings. The van der Waals surface area contributed by atoms with Crippen molar-refractivity contribution in [3.8, 4) is 0 Å². The highest BCUT2D eigenvalue weighted by Crippen LogP contribution is 2.28. The molecule has 0 amide bonds. The van der Waals surface area contributed by atoms with Gasteiger partial charge in [-0.1, -0.05) is 25.5 Å². The van der Waals surface area contributed by atoms with Gasteiger partial charge in [0.2, 0.25) is 0 Å². The quantitative estimate of drug-likeness (QED) is 0.768. The second kappa shape index (κ2) is 6.09. The standard InChI is InChI=1S/C18H27NO/c1-5-18(4,19-11-7-6-8-12-19)17(20)16-10-9-14(2)15(3)13-16/h9-10,13H,5-8,11-12H2,1-4H3. The summed E-state index contributed by atoms with van der Waals surface area (Å²) >= 11 is 0. The van der Waals surface area contributed by atoms with Crippen molar-refractivity contribution in [1.82, 2.24) is 4.90 Å². The number of piperidine rings is 1. The van der Waals surface area contributed by atoms with Crippen molar-refractivity contribution in [2.24, 2.45) is 0 Å². The van der Waals surface area contributed by atoms with E-state index >= 15 is 0 Å². The molecule has 1 unspecified atom stereocenters. The van der Waals surface area contributed by atoms with Crippen LogP contribution in [-0.2, 0) is 0 Å². The Morgan fingerprint density at radius 2 is 1.80 bits per heavy atom. The number of rotatable bonds is 4. The molecule has 1 fully saturated rings. The van der Waals surface area contributed by atoms with Gasteiger partial charge in [-0.05, 0) is 70.3 Å². The van der Waals surface area contributed by atoms with Crippen LogP contribution in [0.3, 0.4) is 0 Å². The Hall–Kier alpha value is -1.15. The van der Waals surface area contributed by atoms with Crippen LogP contribution >= 0.6 is 0 Å². The first-order valence-corrected chi connectivity index (χ1v) is 7.86. The second-order valence-corrected chi connectivity index (χ2v) is 6.30. The predicted octanol–water partition coefficient (Wildman–Crippen LogP) is 4.14. The van der Waals surface area contributed by atoms with E-state index < -0.39 is 0 Å². The SMILES string of the molecule is CCC(C)(C(=O)c1ccc(C)c(C)c1)N1CCCCC1. The van der Waals surface area contributed by atoms with Gasteiger partial charge in [0, 0.05) is 5.56 Å². The summed E-state index contributed by atoms with van der Waals surface area (Å²) in [5, 5.41) is 0. The number of carbonyl (C=O) groups excluding carboxylic acids is 1. The van der Waals surface area contributed by atoms with Gasteiger partial charge in [-0.15, -0.1) is 0 Å². The van der Waals surface area contributed by atoms with Gasteiger partial charge in [0.05, 0.1) is 5.54 Å². The lowest BCUT2D eigenvalue weighted by molar-refractivity contribution is 0.0505. The third-order valence-corrected chi connectivity index (χ3v) is 5.00. The number of Topliss-reactive ketones (excluding diaryl/α,β-unsaturated/α-hetero) is 1. The number of hydrogen-bond donors (Lipinski definition) is 0. The lowest BCUT2D eigenvalue weighted by Crippen LogP contribution is -2.53. The van der Waals surface area contributed by atoms with E-state index in [2.05, 4.69) is 44.7 Å². The van der Waals surface area contributed by atoms with Crippen LogP contribution in [0.25, 0.3) is 0 Å².